The lowest BCUT2D eigenvalue weighted by atomic mass is 10.2. The molecule has 4 nitrogen and oxygen atoms in total. The highest BCUT2D eigenvalue weighted by Gasteiger charge is 2.14. The molecule has 0 saturated carbocycles. The summed E-state index contributed by atoms with van der Waals surface area (Å²) in [5, 5.41) is 0. The maximum atomic E-state index is 5.77. The molecule has 0 bridgehead atoms. The van der Waals surface area contributed by atoms with Gasteiger partial charge in [-0.05, 0) is 26.0 Å². The van der Waals surface area contributed by atoms with Gasteiger partial charge in [-0.2, -0.15) is 0 Å². The van der Waals surface area contributed by atoms with Crippen molar-refractivity contribution in [2.24, 2.45) is 0 Å². The molecule has 0 amide bonds. The molecule has 0 heterocycles. The van der Waals surface area contributed by atoms with Crippen LogP contribution in [0.3, 0.4) is 0 Å². The Labute approximate surface area is 89.9 Å². The number of anilines is 1. The van der Waals surface area contributed by atoms with Crippen molar-refractivity contribution in [1.29, 1.82) is 0 Å². The number of hydrogen-bond donors (Lipinski definition) is 1. The van der Waals surface area contributed by atoms with E-state index in [2.05, 4.69) is 0 Å². The van der Waals surface area contributed by atoms with Gasteiger partial charge in [-0.3, -0.25) is 0 Å². The van der Waals surface area contributed by atoms with Crippen molar-refractivity contribution in [3.8, 4) is 17.2 Å². The van der Waals surface area contributed by atoms with Crippen molar-refractivity contribution < 1.29 is 14.2 Å². The zero-order valence-electron chi connectivity index (χ0n) is 9.37. The summed E-state index contributed by atoms with van der Waals surface area (Å²) in [6, 6.07) is 3.53. The summed E-state index contributed by atoms with van der Waals surface area (Å²) in [5.41, 5.74) is 6.31. The summed E-state index contributed by atoms with van der Waals surface area (Å²) in [5.74, 6) is 1.76. The van der Waals surface area contributed by atoms with Gasteiger partial charge in [0.25, 0.3) is 0 Å². The van der Waals surface area contributed by atoms with E-state index in [1.807, 2.05) is 13.8 Å². The minimum Gasteiger partial charge on any atom is -0.491 e. The summed E-state index contributed by atoms with van der Waals surface area (Å²) in [6.07, 6.45) is 0. The first-order chi connectivity index (χ1) is 7.24. The average Bonchev–Trinajstić information content (AvgIpc) is 2.23. The van der Waals surface area contributed by atoms with E-state index in [4.69, 9.17) is 19.9 Å². The summed E-state index contributed by atoms with van der Waals surface area (Å²) in [4.78, 5) is 0. The first kappa shape index (κ1) is 11.5. The third-order valence-electron chi connectivity index (χ3n) is 1.90. The first-order valence-corrected chi connectivity index (χ1v) is 4.96. The number of ether oxygens (including phenoxy) is 3. The van der Waals surface area contributed by atoms with Crippen LogP contribution in [0.1, 0.15) is 13.8 Å². The third kappa shape index (κ3) is 2.46. The van der Waals surface area contributed by atoms with Crippen molar-refractivity contribution in [3.05, 3.63) is 12.1 Å². The second-order valence-corrected chi connectivity index (χ2v) is 2.88. The van der Waals surface area contributed by atoms with Crippen LogP contribution in [-0.4, -0.2) is 20.3 Å². The number of methoxy groups -OCH3 is 1. The van der Waals surface area contributed by atoms with Crippen LogP contribution >= 0.6 is 0 Å². The van der Waals surface area contributed by atoms with E-state index in [0.717, 1.165) is 0 Å². The fourth-order valence-electron chi connectivity index (χ4n) is 1.32. The van der Waals surface area contributed by atoms with Crippen LogP contribution in [-0.2, 0) is 0 Å². The normalized spacial score (nSPS) is 9.80. The fraction of sp³-hybridized carbons (Fsp3) is 0.455. The summed E-state index contributed by atoms with van der Waals surface area (Å²) in [6.45, 7) is 4.93. The summed E-state index contributed by atoms with van der Waals surface area (Å²) >= 11 is 0. The molecule has 84 valence electrons. The Balaban J connectivity index is 3.15. The molecule has 0 aliphatic carbocycles. The van der Waals surface area contributed by atoms with Crippen LogP contribution < -0.4 is 19.9 Å². The number of hydrogen-bond acceptors (Lipinski definition) is 4. The molecule has 15 heavy (non-hydrogen) atoms. The molecule has 0 aliphatic rings. The van der Waals surface area contributed by atoms with Gasteiger partial charge in [-0.15, -0.1) is 0 Å². The van der Waals surface area contributed by atoms with E-state index >= 15 is 0 Å². The van der Waals surface area contributed by atoms with Crippen LogP contribution in [0.25, 0.3) is 0 Å². The van der Waals surface area contributed by atoms with E-state index in [0.29, 0.717) is 36.1 Å². The fourth-order valence-corrected chi connectivity index (χ4v) is 1.32. The van der Waals surface area contributed by atoms with Gasteiger partial charge in [0.05, 0.1) is 26.0 Å². The van der Waals surface area contributed by atoms with Gasteiger partial charge >= 0.3 is 0 Å². The SMILES string of the molecule is CCOc1ccc(N)c(OC)c1OCC. The van der Waals surface area contributed by atoms with E-state index in [-0.39, 0.29) is 0 Å². The van der Waals surface area contributed by atoms with Crippen LogP contribution in [0, 0.1) is 0 Å². The Hall–Kier alpha value is -1.58. The summed E-state index contributed by atoms with van der Waals surface area (Å²) in [7, 11) is 1.56. The topological polar surface area (TPSA) is 53.7 Å². The van der Waals surface area contributed by atoms with Crippen LogP contribution in [0.15, 0.2) is 12.1 Å². The minimum absolute atomic E-state index is 0.530. The molecular weight excluding hydrogens is 194 g/mol. The number of nitrogen functional groups attached to an aromatic ring is 1. The predicted octanol–water partition coefficient (Wildman–Crippen LogP) is 2.07. The number of benzene rings is 1. The van der Waals surface area contributed by atoms with Crippen molar-refractivity contribution in [3.63, 3.8) is 0 Å². The van der Waals surface area contributed by atoms with Crippen molar-refractivity contribution >= 4 is 5.69 Å². The average molecular weight is 211 g/mol. The third-order valence-corrected chi connectivity index (χ3v) is 1.90. The Bertz CT molecular complexity index is 326. The van der Waals surface area contributed by atoms with Gasteiger partial charge in [0.15, 0.2) is 11.5 Å². The largest absolute Gasteiger partial charge is 0.491 e. The first-order valence-electron chi connectivity index (χ1n) is 4.96. The Morgan fingerprint density at radius 2 is 1.73 bits per heavy atom. The lowest BCUT2D eigenvalue weighted by Gasteiger charge is -2.15. The summed E-state index contributed by atoms with van der Waals surface area (Å²) < 4.78 is 16.1. The molecular formula is C11H17NO3. The van der Waals surface area contributed by atoms with Crippen LogP contribution in [0.5, 0.6) is 17.2 Å². The molecule has 1 rings (SSSR count). The highest BCUT2D eigenvalue weighted by atomic mass is 16.5. The molecule has 0 saturated heterocycles. The lowest BCUT2D eigenvalue weighted by Crippen LogP contribution is -2.02. The Kier molecular flexibility index (Phi) is 4.09. The molecule has 0 radical (unpaired) electrons. The molecule has 1 aromatic rings. The molecule has 1 aromatic carbocycles. The lowest BCUT2D eigenvalue weighted by molar-refractivity contribution is 0.272. The molecule has 0 aromatic heterocycles. The van der Waals surface area contributed by atoms with Crippen LogP contribution in [0.2, 0.25) is 0 Å². The standard InChI is InChI=1S/C11H17NO3/c1-4-14-9-7-6-8(12)10(13-3)11(9)15-5-2/h6-7H,4-5,12H2,1-3H3. The quantitative estimate of drug-likeness (QED) is 0.757. The maximum Gasteiger partial charge on any atom is 0.205 e. The minimum atomic E-state index is 0.530. The highest BCUT2D eigenvalue weighted by molar-refractivity contribution is 5.65. The second-order valence-electron chi connectivity index (χ2n) is 2.88. The number of nitrogens with two attached hydrogens (primary N) is 1. The zero-order chi connectivity index (χ0) is 11.3. The van der Waals surface area contributed by atoms with Crippen molar-refractivity contribution in [2.45, 2.75) is 13.8 Å². The van der Waals surface area contributed by atoms with Gasteiger partial charge in [0.1, 0.15) is 0 Å². The van der Waals surface area contributed by atoms with Gasteiger partial charge in [-0.1, -0.05) is 0 Å². The molecule has 0 aliphatic heterocycles. The Morgan fingerprint density at radius 3 is 2.27 bits per heavy atom. The molecule has 0 atom stereocenters. The maximum absolute atomic E-state index is 5.77. The molecule has 0 spiro atoms. The predicted molar refractivity (Wildman–Crippen MR) is 59.7 cm³/mol. The monoisotopic (exact) mass is 211 g/mol. The zero-order valence-corrected chi connectivity index (χ0v) is 9.37. The smallest absolute Gasteiger partial charge is 0.205 e. The highest BCUT2D eigenvalue weighted by Crippen LogP contribution is 2.41. The van der Waals surface area contributed by atoms with Crippen molar-refractivity contribution in [2.75, 3.05) is 26.1 Å². The molecule has 0 unspecified atom stereocenters. The van der Waals surface area contributed by atoms with E-state index < -0.39 is 0 Å². The Morgan fingerprint density at radius 1 is 1.07 bits per heavy atom. The van der Waals surface area contributed by atoms with Crippen LogP contribution in [0.4, 0.5) is 5.69 Å². The van der Waals surface area contributed by atoms with E-state index in [1.54, 1.807) is 19.2 Å². The van der Waals surface area contributed by atoms with E-state index in [1.165, 1.54) is 0 Å². The van der Waals surface area contributed by atoms with Gasteiger partial charge in [0.2, 0.25) is 5.75 Å². The molecule has 0 fully saturated rings. The van der Waals surface area contributed by atoms with E-state index in [9.17, 15) is 0 Å². The van der Waals surface area contributed by atoms with Gasteiger partial charge < -0.3 is 19.9 Å². The van der Waals surface area contributed by atoms with Gasteiger partial charge in [0, 0.05) is 0 Å². The number of rotatable bonds is 5. The molecule has 4 heteroatoms. The second kappa shape index (κ2) is 5.34. The van der Waals surface area contributed by atoms with Crippen molar-refractivity contribution in [1.82, 2.24) is 0 Å². The van der Waals surface area contributed by atoms with Gasteiger partial charge in [-0.25, -0.2) is 0 Å². The molecule has 2 N–H and O–H groups in total.